The highest BCUT2D eigenvalue weighted by Crippen LogP contribution is 2.21. The summed E-state index contributed by atoms with van der Waals surface area (Å²) in [4.78, 5) is 21.9. The third-order valence-corrected chi connectivity index (χ3v) is 3.50. The van der Waals surface area contributed by atoms with E-state index in [4.69, 9.17) is 0 Å². The number of benzene rings is 1. The van der Waals surface area contributed by atoms with Crippen molar-refractivity contribution >= 4 is 5.78 Å². The van der Waals surface area contributed by atoms with E-state index in [1.807, 2.05) is 37.4 Å². The summed E-state index contributed by atoms with van der Waals surface area (Å²) in [5, 5.41) is 0. The van der Waals surface area contributed by atoms with Gasteiger partial charge in [-0.25, -0.2) is 4.98 Å². The fourth-order valence-electron chi connectivity index (χ4n) is 2.45. The first-order chi connectivity index (χ1) is 8.75. The van der Waals surface area contributed by atoms with Crippen LogP contribution in [0.4, 0.5) is 0 Å². The summed E-state index contributed by atoms with van der Waals surface area (Å²) in [5.74, 6) is 0.179. The first-order valence-corrected chi connectivity index (χ1v) is 6.06. The van der Waals surface area contributed by atoms with E-state index in [0.29, 0.717) is 6.42 Å². The van der Waals surface area contributed by atoms with Crippen molar-refractivity contribution < 1.29 is 4.79 Å². The van der Waals surface area contributed by atoms with Crippen molar-refractivity contribution in [1.82, 2.24) is 14.9 Å². The van der Waals surface area contributed by atoms with Gasteiger partial charge in [-0.3, -0.25) is 9.69 Å². The minimum Gasteiger partial charge on any atom is -0.348 e. The number of carbonyl (C=O) groups excluding carboxylic acids is 1. The molecule has 0 radical (unpaired) electrons. The van der Waals surface area contributed by atoms with Crippen LogP contribution in [-0.4, -0.2) is 33.7 Å². The molecule has 4 heteroatoms. The molecular weight excluding hydrogens is 226 g/mol. The minimum atomic E-state index is -0.0969. The molecule has 92 valence electrons. The standard InChI is InChI=1S/C14H15N3O/c1-17-8-12-11(15-9-16-12)7-13(17)14(18)10-5-3-2-4-6-10/h2-6,9,13H,7-8H2,1H3,(H,15,16)/t13-/m1/s1. The number of likely N-dealkylation sites (N-methyl/N-ethyl adjacent to an activating group) is 1. The van der Waals surface area contributed by atoms with Crippen molar-refractivity contribution in [3.05, 3.63) is 53.6 Å². The van der Waals surface area contributed by atoms with Gasteiger partial charge in [0.15, 0.2) is 5.78 Å². The van der Waals surface area contributed by atoms with E-state index in [2.05, 4.69) is 14.9 Å². The number of aromatic amines is 1. The van der Waals surface area contributed by atoms with E-state index in [0.717, 1.165) is 23.5 Å². The molecule has 1 N–H and O–H groups in total. The number of H-pyrrole nitrogens is 1. The average Bonchev–Trinajstić information content (AvgIpc) is 2.85. The zero-order valence-electron chi connectivity index (χ0n) is 10.3. The Hall–Kier alpha value is -1.94. The van der Waals surface area contributed by atoms with Gasteiger partial charge in [0.1, 0.15) is 0 Å². The number of Topliss-reactive ketones (excluding diaryl/α,β-unsaturated/α-hetero) is 1. The molecule has 0 bridgehead atoms. The van der Waals surface area contributed by atoms with Crippen LogP contribution >= 0.6 is 0 Å². The van der Waals surface area contributed by atoms with Gasteiger partial charge in [0.25, 0.3) is 0 Å². The zero-order chi connectivity index (χ0) is 12.5. The predicted octanol–water partition coefficient (Wildman–Crippen LogP) is 1.65. The van der Waals surface area contributed by atoms with Gasteiger partial charge in [-0.15, -0.1) is 0 Å². The molecule has 1 aliphatic rings. The average molecular weight is 241 g/mol. The van der Waals surface area contributed by atoms with E-state index < -0.39 is 0 Å². The fraction of sp³-hybridized carbons (Fsp3) is 0.286. The topological polar surface area (TPSA) is 49.0 Å². The van der Waals surface area contributed by atoms with Crippen LogP contribution in [0.15, 0.2) is 36.7 Å². The number of hydrogen-bond donors (Lipinski definition) is 1. The Kier molecular flexibility index (Phi) is 2.72. The molecule has 2 aromatic rings. The van der Waals surface area contributed by atoms with Crippen molar-refractivity contribution in [2.75, 3.05) is 7.05 Å². The van der Waals surface area contributed by atoms with Gasteiger partial charge in [-0.1, -0.05) is 30.3 Å². The smallest absolute Gasteiger partial charge is 0.180 e. The molecule has 4 nitrogen and oxygen atoms in total. The van der Waals surface area contributed by atoms with Crippen molar-refractivity contribution in [3.8, 4) is 0 Å². The Morgan fingerprint density at radius 3 is 2.94 bits per heavy atom. The normalized spacial score (nSPS) is 19.5. The Bertz CT molecular complexity index is 561. The van der Waals surface area contributed by atoms with Crippen LogP contribution in [0.25, 0.3) is 0 Å². The number of nitrogens with zero attached hydrogens (tertiary/aromatic N) is 2. The predicted molar refractivity (Wildman–Crippen MR) is 68.3 cm³/mol. The Labute approximate surface area is 106 Å². The number of aromatic nitrogens is 2. The largest absolute Gasteiger partial charge is 0.348 e. The van der Waals surface area contributed by atoms with E-state index >= 15 is 0 Å². The summed E-state index contributed by atoms with van der Waals surface area (Å²) in [5.41, 5.74) is 2.91. The van der Waals surface area contributed by atoms with Crippen LogP contribution in [0.3, 0.4) is 0 Å². The second-order valence-electron chi connectivity index (χ2n) is 4.69. The van der Waals surface area contributed by atoms with Crippen LogP contribution in [0, 0.1) is 0 Å². The summed E-state index contributed by atoms with van der Waals surface area (Å²) in [6.45, 7) is 0.724. The second kappa shape index (κ2) is 4.38. The Morgan fingerprint density at radius 2 is 2.17 bits per heavy atom. The van der Waals surface area contributed by atoms with Crippen molar-refractivity contribution in [2.24, 2.45) is 0 Å². The van der Waals surface area contributed by atoms with Crippen molar-refractivity contribution in [3.63, 3.8) is 0 Å². The zero-order valence-corrected chi connectivity index (χ0v) is 10.3. The fourth-order valence-corrected chi connectivity index (χ4v) is 2.45. The molecule has 0 saturated carbocycles. The monoisotopic (exact) mass is 241 g/mol. The summed E-state index contributed by atoms with van der Waals surface area (Å²) in [6, 6.07) is 9.38. The lowest BCUT2D eigenvalue weighted by atomic mass is 9.95. The SMILES string of the molecule is CN1Cc2nc[nH]c2C[C@@H]1C(=O)c1ccccc1. The van der Waals surface area contributed by atoms with Gasteiger partial charge >= 0.3 is 0 Å². The Morgan fingerprint density at radius 1 is 1.39 bits per heavy atom. The maximum atomic E-state index is 12.5. The maximum absolute atomic E-state index is 12.5. The molecule has 2 heterocycles. The molecular formula is C14H15N3O. The van der Waals surface area contributed by atoms with E-state index in [1.54, 1.807) is 6.33 Å². The lowest BCUT2D eigenvalue weighted by Crippen LogP contribution is -2.43. The van der Waals surface area contributed by atoms with Crippen LogP contribution in [0.5, 0.6) is 0 Å². The minimum absolute atomic E-state index is 0.0969. The highest BCUT2D eigenvalue weighted by molar-refractivity contribution is 6.00. The maximum Gasteiger partial charge on any atom is 0.180 e. The van der Waals surface area contributed by atoms with Crippen LogP contribution in [0.2, 0.25) is 0 Å². The summed E-state index contributed by atoms with van der Waals surface area (Å²) in [7, 11) is 1.98. The van der Waals surface area contributed by atoms with E-state index in [9.17, 15) is 4.79 Å². The molecule has 1 aromatic heterocycles. The highest BCUT2D eigenvalue weighted by atomic mass is 16.1. The highest BCUT2D eigenvalue weighted by Gasteiger charge is 2.30. The van der Waals surface area contributed by atoms with Gasteiger partial charge < -0.3 is 4.98 Å². The molecule has 0 fully saturated rings. The molecule has 1 aromatic carbocycles. The first-order valence-electron chi connectivity index (χ1n) is 6.06. The van der Waals surface area contributed by atoms with Crippen LogP contribution < -0.4 is 0 Å². The number of nitrogens with one attached hydrogen (secondary N) is 1. The van der Waals surface area contributed by atoms with Gasteiger partial charge in [0.2, 0.25) is 0 Å². The number of fused-ring (bicyclic) bond motifs is 1. The number of ketones is 1. The van der Waals surface area contributed by atoms with Crippen LogP contribution in [0.1, 0.15) is 21.7 Å². The first kappa shape index (κ1) is 11.2. The molecule has 3 rings (SSSR count). The molecule has 0 saturated heterocycles. The molecule has 18 heavy (non-hydrogen) atoms. The Balaban J connectivity index is 1.88. The van der Waals surface area contributed by atoms with E-state index in [-0.39, 0.29) is 11.8 Å². The molecule has 0 aliphatic carbocycles. The lowest BCUT2D eigenvalue weighted by Gasteiger charge is -2.30. The van der Waals surface area contributed by atoms with E-state index in [1.165, 1.54) is 0 Å². The molecule has 0 spiro atoms. The summed E-state index contributed by atoms with van der Waals surface area (Å²) >= 11 is 0. The summed E-state index contributed by atoms with van der Waals surface area (Å²) < 4.78 is 0. The summed E-state index contributed by atoms with van der Waals surface area (Å²) in [6.07, 6.45) is 2.41. The number of rotatable bonds is 2. The van der Waals surface area contributed by atoms with Gasteiger partial charge in [-0.05, 0) is 7.05 Å². The molecule has 1 aliphatic heterocycles. The lowest BCUT2D eigenvalue weighted by molar-refractivity contribution is 0.0825. The third-order valence-electron chi connectivity index (χ3n) is 3.50. The second-order valence-corrected chi connectivity index (χ2v) is 4.69. The van der Waals surface area contributed by atoms with Gasteiger partial charge in [0.05, 0.1) is 18.1 Å². The van der Waals surface area contributed by atoms with Crippen molar-refractivity contribution in [1.29, 1.82) is 0 Å². The van der Waals surface area contributed by atoms with Crippen molar-refractivity contribution in [2.45, 2.75) is 19.0 Å². The molecule has 0 amide bonds. The molecule has 1 atom stereocenters. The molecule has 0 unspecified atom stereocenters. The van der Waals surface area contributed by atoms with Gasteiger partial charge in [-0.2, -0.15) is 0 Å². The van der Waals surface area contributed by atoms with Crippen LogP contribution in [-0.2, 0) is 13.0 Å². The number of imidazole rings is 1. The number of carbonyl (C=O) groups is 1. The third kappa shape index (κ3) is 1.84. The van der Waals surface area contributed by atoms with Gasteiger partial charge in [0, 0.05) is 24.2 Å². The quantitative estimate of drug-likeness (QED) is 0.813. The number of hydrogen-bond acceptors (Lipinski definition) is 3.